The molecule has 0 amide bonds. The first-order valence-electron chi connectivity index (χ1n) is 8.03. The van der Waals surface area contributed by atoms with Gasteiger partial charge < -0.3 is 10.2 Å². The third-order valence-electron chi connectivity index (χ3n) is 4.40. The van der Waals surface area contributed by atoms with Crippen molar-refractivity contribution in [2.75, 3.05) is 6.61 Å². The zero-order chi connectivity index (χ0) is 17.1. The minimum Gasteiger partial charge on any atom is -0.480 e. The predicted octanol–water partition coefficient (Wildman–Crippen LogP) is 2.71. The smallest absolute Gasteiger partial charge is 0.323 e. The number of carbonyl (C=O) groups is 1. The normalized spacial score (nSPS) is 17.2. The maximum absolute atomic E-state index is 11.3. The molecular formula is C20H21NO3. The van der Waals surface area contributed by atoms with Gasteiger partial charge in [0.1, 0.15) is 6.04 Å². The number of aliphatic carboxylic acids is 1. The van der Waals surface area contributed by atoms with Crippen molar-refractivity contribution in [3.8, 4) is 0 Å². The third-order valence-corrected chi connectivity index (χ3v) is 4.40. The van der Waals surface area contributed by atoms with Gasteiger partial charge in [0.25, 0.3) is 0 Å². The van der Waals surface area contributed by atoms with Crippen LogP contribution in [0.15, 0.2) is 54.1 Å². The van der Waals surface area contributed by atoms with E-state index in [0.717, 1.165) is 23.1 Å². The van der Waals surface area contributed by atoms with Crippen molar-refractivity contribution in [3.05, 3.63) is 76.4 Å². The summed E-state index contributed by atoms with van der Waals surface area (Å²) >= 11 is 0. The van der Waals surface area contributed by atoms with Crippen LogP contribution in [0, 0.1) is 6.92 Å². The molecule has 2 aromatic rings. The number of carboxylic acid groups (broad SMARTS) is 1. The SMILES string of the molecule is Cc1ccc(CC2=Cc3ccccc3C2N[C@@H](CO)C(=O)O)cc1. The third kappa shape index (κ3) is 3.40. The molecule has 1 unspecified atom stereocenters. The molecular weight excluding hydrogens is 302 g/mol. The Morgan fingerprint density at radius 3 is 2.54 bits per heavy atom. The lowest BCUT2D eigenvalue weighted by Gasteiger charge is -2.22. The number of carboxylic acids is 1. The highest BCUT2D eigenvalue weighted by Gasteiger charge is 2.29. The Morgan fingerprint density at radius 1 is 1.17 bits per heavy atom. The Morgan fingerprint density at radius 2 is 1.88 bits per heavy atom. The monoisotopic (exact) mass is 323 g/mol. The summed E-state index contributed by atoms with van der Waals surface area (Å²) in [5.41, 5.74) is 5.66. The molecule has 0 bridgehead atoms. The van der Waals surface area contributed by atoms with Gasteiger partial charge in [0, 0.05) is 0 Å². The van der Waals surface area contributed by atoms with E-state index in [4.69, 9.17) is 0 Å². The predicted molar refractivity (Wildman–Crippen MR) is 93.7 cm³/mol. The fraction of sp³-hybridized carbons (Fsp3) is 0.250. The number of fused-ring (bicyclic) bond motifs is 1. The summed E-state index contributed by atoms with van der Waals surface area (Å²) < 4.78 is 0. The first-order chi connectivity index (χ1) is 11.6. The van der Waals surface area contributed by atoms with Crippen LogP contribution >= 0.6 is 0 Å². The molecule has 0 saturated heterocycles. The number of nitrogens with one attached hydrogen (secondary N) is 1. The van der Waals surface area contributed by atoms with Crippen molar-refractivity contribution in [1.29, 1.82) is 0 Å². The quantitative estimate of drug-likeness (QED) is 0.764. The summed E-state index contributed by atoms with van der Waals surface area (Å²) in [5, 5.41) is 21.7. The van der Waals surface area contributed by atoms with Crippen LogP contribution in [0.5, 0.6) is 0 Å². The molecule has 4 heteroatoms. The average molecular weight is 323 g/mol. The summed E-state index contributed by atoms with van der Waals surface area (Å²) in [6.07, 6.45) is 2.85. The van der Waals surface area contributed by atoms with E-state index in [2.05, 4.69) is 42.6 Å². The minimum atomic E-state index is -1.04. The first kappa shape index (κ1) is 16.4. The maximum Gasteiger partial charge on any atom is 0.323 e. The maximum atomic E-state index is 11.3. The van der Waals surface area contributed by atoms with Crippen LogP contribution in [0.3, 0.4) is 0 Å². The number of aliphatic hydroxyl groups excluding tert-OH is 1. The fourth-order valence-corrected chi connectivity index (χ4v) is 3.08. The van der Waals surface area contributed by atoms with E-state index in [0.29, 0.717) is 0 Å². The van der Waals surface area contributed by atoms with Gasteiger partial charge in [0.05, 0.1) is 12.6 Å². The van der Waals surface area contributed by atoms with Gasteiger partial charge in [-0.25, -0.2) is 0 Å². The largest absolute Gasteiger partial charge is 0.480 e. The molecule has 0 radical (unpaired) electrons. The highest BCUT2D eigenvalue weighted by molar-refractivity contribution is 5.74. The van der Waals surface area contributed by atoms with Crippen LogP contribution in [0.25, 0.3) is 6.08 Å². The van der Waals surface area contributed by atoms with Gasteiger partial charge in [-0.1, -0.05) is 60.2 Å². The van der Waals surface area contributed by atoms with E-state index in [1.165, 1.54) is 11.1 Å². The van der Waals surface area contributed by atoms with Crippen molar-refractivity contribution in [1.82, 2.24) is 5.32 Å². The van der Waals surface area contributed by atoms with Crippen molar-refractivity contribution in [2.24, 2.45) is 0 Å². The van der Waals surface area contributed by atoms with Crippen LogP contribution in [0.4, 0.5) is 0 Å². The molecule has 3 rings (SSSR count). The van der Waals surface area contributed by atoms with Crippen molar-refractivity contribution >= 4 is 12.0 Å². The van der Waals surface area contributed by atoms with Gasteiger partial charge in [0.15, 0.2) is 0 Å². The van der Waals surface area contributed by atoms with Gasteiger partial charge in [-0.3, -0.25) is 10.1 Å². The zero-order valence-electron chi connectivity index (χ0n) is 13.6. The van der Waals surface area contributed by atoms with E-state index in [-0.39, 0.29) is 6.04 Å². The molecule has 124 valence electrons. The summed E-state index contributed by atoms with van der Waals surface area (Å²) in [6.45, 7) is 1.61. The Hall–Kier alpha value is -2.43. The standard InChI is InChI=1S/C20H21NO3/c1-13-6-8-14(9-7-13)10-16-11-15-4-2-3-5-17(15)19(16)21-18(12-22)20(23)24/h2-9,11,18-19,21-22H,10,12H2,1H3,(H,23,24)/t18-,19?/m0/s1. The van der Waals surface area contributed by atoms with Gasteiger partial charge in [0.2, 0.25) is 0 Å². The Kier molecular flexibility index (Phi) is 4.79. The molecule has 0 spiro atoms. The molecule has 0 aliphatic heterocycles. The van der Waals surface area contributed by atoms with E-state index in [1.54, 1.807) is 0 Å². The molecule has 0 fully saturated rings. The fourth-order valence-electron chi connectivity index (χ4n) is 3.08. The van der Waals surface area contributed by atoms with Gasteiger partial charge in [-0.05, 0) is 35.6 Å². The second-order valence-electron chi connectivity index (χ2n) is 6.18. The van der Waals surface area contributed by atoms with E-state index >= 15 is 0 Å². The highest BCUT2D eigenvalue weighted by atomic mass is 16.4. The molecule has 2 atom stereocenters. The van der Waals surface area contributed by atoms with Crippen molar-refractivity contribution < 1.29 is 15.0 Å². The molecule has 2 aromatic carbocycles. The van der Waals surface area contributed by atoms with Gasteiger partial charge in [-0.15, -0.1) is 0 Å². The number of aliphatic hydroxyl groups is 1. The lowest BCUT2D eigenvalue weighted by Crippen LogP contribution is -2.42. The summed E-state index contributed by atoms with van der Waals surface area (Å²) in [6, 6.07) is 15.1. The molecule has 0 aromatic heterocycles. The van der Waals surface area contributed by atoms with Crippen molar-refractivity contribution in [2.45, 2.75) is 25.4 Å². The number of aryl methyl sites for hydroxylation is 1. The molecule has 24 heavy (non-hydrogen) atoms. The van der Waals surface area contributed by atoms with Gasteiger partial charge in [-0.2, -0.15) is 0 Å². The second kappa shape index (κ2) is 6.99. The summed E-state index contributed by atoms with van der Waals surface area (Å²) in [7, 11) is 0. The Bertz CT molecular complexity index is 765. The van der Waals surface area contributed by atoms with Crippen LogP contribution < -0.4 is 5.32 Å². The highest BCUT2D eigenvalue weighted by Crippen LogP contribution is 2.36. The van der Waals surface area contributed by atoms with Crippen molar-refractivity contribution in [3.63, 3.8) is 0 Å². The minimum absolute atomic E-state index is 0.198. The van der Waals surface area contributed by atoms with Crippen LogP contribution in [0.2, 0.25) is 0 Å². The van der Waals surface area contributed by atoms with E-state index < -0.39 is 18.6 Å². The van der Waals surface area contributed by atoms with Crippen LogP contribution in [0.1, 0.15) is 28.3 Å². The number of benzene rings is 2. The summed E-state index contributed by atoms with van der Waals surface area (Å²) in [5.74, 6) is -1.04. The number of rotatable bonds is 6. The number of hydrogen-bond donors (Lipinski definition) is 3. The Labute approximate surface area is 141 Å². The van der Waals surface area contributed by atoms with Crippen LogP contribution in [-0.2, 0) is 11.2 Å². The molecule has 0 saturated carbocycles. The average Bonchev–Trinajstić information content (AvgIpc) is 2.91. The Balaban J connectivity index is 1.88. The zero-order valence-corrected chi connectivity index (χ0v) is 13.6. The first-order valence-corrected chi connectivity index (χ1v) is 8.03. The molecule has 1 aliphatic rings. The second-order valence-corrected chi connectivity index (χ2v) is 6.18. The summed E-state index contributed by atoms with van der Waals surface area (Å²) in [4.78, 5) is 11.3. The van der Waals surface area contributed by atoms with Gasteiger partial charge >= 0.3 is 5.97 Å². The molecule has 3 N–H and O–H groups in total. The molecule has 4 nitrogen and oxygen atoms in total. The van der Waals surface area contributed by atoms with E-state index in [9.17, 15) is 15.0 Å². The van der Waals surface area contributed by atoms with Crippen LogP contribution in [-0.4, -0.2) is 28.8 Å². The molecule has 1 aliphatic carbocycles. The van der Waals surface area contributed by atoms with E-state index in [1.807, 2.05) is 24.3 Å². The number of hydrogen-bond acceptors (Lipinski definition) is 3. The topological polar surface area (TPSA) is 69.6 Å². The lowest BCUT2D eigenvalue weighted by atomic mass is 9.97. The lowest BCUT2D eigenvalue weighted by molar-refractivity contribution is -0.140. The molecule has 0 heterocycles.